The fraction of sp³-hybridized carbons (Fsp3) is 0.389. The minimum absolute atomic E-state index is 0.0602. The third-order valence-corrected chi connectivity index (χ3v) is 2.65. The maximum atomic E-state index is 10.7. The molecule has 4 heteroatoms. The molecule has 0 unspecified atom stereocenters. The third kappa shape index (κ3) is 6.04. The van der Waals surface area contributed by atoms with Crippen molar-refractivity contribution in [3.05, 3.63) is 53.0 Å². The second-order valence-corrected chi connectivity index (χ2v) is 4.10. The van der Waals surface area contributed by atoms with Crippen molar-refractivity contribution in [3.63, 3.8) is 0 Å². The van der Waals surface area contributed by atoms with E-state index in [1.54, 1.807) is 6.92 Å². The highest BCUT2D eigenvalue weighted by molar-refractivity contribution is 5.84. The Morgan fingerprint density at radius 1 is 1.09 bits per heavy atom. The summed E-state index contributed by atoms with van der Waals surface area (Å²) in [5.74, 6) is 0.187. The van der Waals surface area contributed by atoms with Crippen LogP contribution < -0.4 is 4.74 Å². The quantitative estimate of drug-likeness (QED) is 0.840. The Morgan fingerprint density at radius 2 is 1.64 bits per heavy atom. The molecule has 1 aromatic carbocycles. The highest BCUT2D eigenvalue weighted by atomic mass is 16.5. The van der Waals surface area contributed by atoms with Gasteiger partial charge in [0.25, 0.3) is 0 Å². The molecule has 0 aliphatic rings. The molecule has 0 bridgehead atoms. The number of aromatic carboxylic acids is 1. The summed E-state index contributed by atoms with van der Waals surface area (Å²) in [4.78, 5) is 10.7. The SMILES string of the molecule is CC.CC.Cc1ccc(OCc2cc(C(=O)O)oc2C)cc1. The lowest BCUT2D eigenvalue weighted by molar-refractivity contribution is 0.0661. The molecule has 0 amide bonds. The molecule has 0 saturated heterocycles. The minimum atomic E-state index is -1.07. The smallest absolute Gasteiger partial charge is 0.371 e. The van der Waals surface area contributed by atoms with Gasteiger partial charge in [0.2, 0.25) is 5.76 Å². The predicted octanol–water partition coefficient (Wildman–Crippen LogP) is 5.23. The third-order valence-electron chi connectivity index (χ3n) is 2.65. The summed E-state index contributed by atoms with van der Waals surface area (Å²) in [5.41, 5.74) is 1.91. The highest BCUT2D eigenvalue weighted by Crippen LogP contribution is 2.18. The van der Waals surface area contributed by atoms with E-state index in [0.29, 0.717) is 12.4 Å². The number of furan rings is 1. The molecule has 2 aromatic rings. The molecular weight excluding hydrogens is 280 g/mol. The van der Waals surface area contributed by atoms with Crippen LogP contribution in [0.1, 0.15) is 55.1 Å². The number of hydrogen-bond donors (Lipinski definition) is 1. The summed E-state index contributed by atoms with van der Waals surface area (Å²) >= 11 is 0. The molecule has 0 spiro atoms. The molecule has 122 valence electrons. The molecule has 0 fully saturated rings. The predicted molar refractivity (Wildman–Crippen MR) is 88.6 cm³/mol. The first-order valence-electron chi connectivity index (χ1n) is 7.58. The van der Waals surface area contributed by atoms with Crippen LogP contribution in [0.25, 0.3) is 0 Å². The fourth-order valence-corrected chi connectivity index (χ4v) is 1.56. The van der Waals surface area contributed by atoms with Gasteiger partial charge in [-0.15, -0.1) is 0 Å². The molecule has 1 heterocycles. The van der Waals surface area contributed by atoms with Crippen LogP contribution in [0.5, 0.6) is 5.75 Å². The average molecular weight is 306 g/mol. The van der Waals surface area contributed by atoms with E-state index < -0.39 is 5.97 Å². The van der Waals surface area contributed by atoms with Crippen LogP contribution in [0.2, 0.25) is 0 Å². The van der Waals surface area contributed by atoms with Crippen molar-refractivity contribution in [2.45, 2.75) is 48.1 Å². The lowest BCUT2D eigenvalue weighted by Crippen LogP contribution is -1.96. The second-order valence-electron chi connectivity index (χ2n) is 4.10. The molecule has 1 N–H and O–H groups in total. The molecule has 0 saturated carbocycles. The van der Waals surface area contributed by atoms with E-state index in [-0.39, 0.29) is 5.76 Å². The number of rotatable bonds is 4. The summed E-state index contributed by atoms with van der Waals surface area (Å²) in [5, 5.41) is 8.80. The van der Waals surface area contributed by atoms with Crippen LogP contribution in [0, 0.1) is 13.8 Å². The van der Waals surface area contributed by atoms with Gasteiger partial charge >= 0.3 is 5.97 Å². The van der Waals surface area contributed by atoms with E-state index >= 15 is 0 Å². The van der Waals surface area contributed by atoms with Crippen LogP contribution in [0.3, 0.4) is 0 Å². The Hall–Kier alpha value is -2.23. The molecular formula is C18H26O4. The zero-order valence-electron chi connectivity index (χ0n) is 14.3. The van der Waals surface area contributed by atoms with E-state index in [1.165, 1.54) is 6.07 Å². The molecule has 0 radical (unpaired) electrons. The van der Waals surface area contributed by atoms with Crippen LogP contribution >= 0.6 is 0 Å². The van der Waals surface area contributed by atoms with Gasteiger partial charge in [-0.2, -0.15) is 0 Å². The maximum absolute atomic E-state index is 10.7. The Labute approximate surface area is 132 Å². The Bertz CT molecular complexity index is 553. The number of hydrogen-bond acceptors (Lipinski definition) is 3. The first-order valence-corrected chi connectivity index (χ1v) is 7.58. The van der Waals surface area contributed by atoms with Crippen molar-refractivity contribution in [3.8, 4) is 5.75 Å². The first-order chi connectivity index (χ1) is 10.6. The number of benzene rings is 1. The van der Waals surface area contributed by atoms with E-state index in [9.17, 15) is 4.79 Å². The van der Waals surface area contributed by atoms with Gasteiger partial charge in [0, 0.05) is 5.56 Å². The van der Waals surface area contributed by atoms with Crippen molar-refractivity contribution < 1.29 is 19.1 Å². The van der Waals surface area contributed by atoms with E-state index in [2.05, 4.69) is 0 Å². The number of ether oxygens (including phenoxy) is 1. The van der Waals surface area contributed by atoms with Crippen LogP contribution in [0.15, 0.2) is 34.7 Å². The van der Waals surface area contributed by atoms with Gasteiger partial charge in [-0.25, -0.2) is 4.79 Å². The largest absolute Gasteiger partial charge is 0.489 e. The molecule has 22 heavy (non-hydrogen) atoms. The van der Waals surface area contributed by atoms with Crippen LogP contribution in [-0.4, -0.2) is 11.1 Å². The van der Waals surface area contributed by atoms with E-state index in [1.807, 2.05) is 58.9 Å². The second kappa shape index (κ2) is 10.5. The highest BCUT2D eigenvalue weighted by Gasteiger charge is 2.13. The van der Waals surface area contributed by atoms with Gasteiger partial charge < -0.3 is 14.3 Å². The molecule has 2 rings (SSSR count). The van der Waals surface area contributed by atoms with Crippen molar-refractivity contribution in [1.29, 1.82) is 0 Å². The fourth-order valence-electron chi connectivity index (χ4n) is 1.56. The van der Waals surface area contributed by atoms with E-state index in [4.69, 9.17) is 14.3 Å². The number of carboxylic acid groups (broad SMARTS) is 1. The summed E-state index contributed by atoms with van der Waals surface area (Å²) < 4.78 is 10.7. The first kappa shape index (κ1) is 19.8. The Balaban J connectivity index is 0.00000102. The standard InChI is InChI=1S/C14H14O4.2C2H6/c1-9-3-5-12(6-4-9)17-8-11-7-13(14(15)16)18-10(11)2;2*1-2/h3-7H,8H2,1-2H3,(H,15,16);2*1-2H3. The summed E-state index contributed by atoms with van der Waals surface area (Å²) in [6, 6.07) is 9.16. The monoisotopic (exact) mass is 306 g/mol. The summed E-state index contributed by atoms with van der Waals surface area (Å²) in [6.07, 6.45) is 0. The molecule has 0 aliphatic heterocycles. The normalized spacial score (nSPS) is 9.00. The van der Waals surface area contributed by atoms with Crippen molar-refractivity contribution in [2.24, 2.45) is 0 Å². The van der Waals surface area contributed by atoms with Gasteiger partial charge in [0.15, 0.2) is 0 Å². The average Bonchev–Trinajstić information content (AvgIpc) is 2.92. The van der Waals surface area contributed by atoms with Crippen molar-refractivity contribution in [2.75, 3.05) is 0 Å². The van der Waals surface area contributed by atoms with Gasteiger partial charge in [-0.1, -0.05) is 45.4 Å². The molecule has 0 atom stereocenters. The van der Waals surface area contributed by atoms with Crippen molar-refractivity contribution in [1.82, 2.24) is 0 Å². The zero-order chi connectivity index (χ0) is 17.1. The number of carbonyl (C=O) groups is 1. The van der Waals surface area contributed by atoms with Gasteiger partial charge in [-0.3, -0.25) is 0 Å². The number of carboxylic acids is 1. The minimum Gasteiger partial charge on any atom is -0.489 e. The van der Waals surface area contributed by atoms with Crippen LogP contribution in [-0.2, 0) is 6.61 Å². The maximum Gasteiger partial charge on any atom is 0.371 e. The lowest BCUT2D eigenvalue weighted by Gasteiger charge is -2.05. The van der Waals surface area contributed by atoms with E-state index in [0.717, 1.165) is 16.9 Å². The summed E-state index contributed by atoms with van der Waals surface area (Å²) in [6.45, 7) is 12.0. The number of aryl methyl sites for hydroxylation is 2. The lowest BCUT2D eigenvalue weighted by atomic mass is 10.2. The molecule has 0 aliphatic carbocycles. The van der Waals surface area contributed by atoms with Crippen LogP contribution in [0.4, 0.5) is 0 Å². The van der Waals surface area contributed by atoms with Gasteiger partial charge in [-0.05, 0) is 32.0 Å². The van der Waals surface area contributed by atoms with Gasteiger partial charge in [0.1, 0.15) is 18.1 Å². The Morgan fingerprint density at radius 3 is 2.09 bits per heavy atom. The molecule has 1 aromatic heterocycles. The van der Waals surface area contributed by atoms with Crippen molar-refractivity contribution >= 4 is 5.97 Å². The van der Waals surface area contributed by atoms with Gasteiger partial charge in [0.05, 0.1) is 0 Å². The molecule has 4 nitrogen and oxygen atoms in total. The topological polar surface area (TPSA) is 59.7 Å². The zero-order valence-corrected chi connectivity index (χ0v) is 14.3. The summed E-state index contributed by atoms with van der Waals surface area (Å²) in [7, 11) is 0. The Kier molecular flexibility index (Phi) is 9.43.